The quantitative estimate of drug-likeness (QED) is 0.774. The molecular weight excluding hydrogens is 198 g/mol. The van der Waals surface area contributed by atoms with Crippen molar-refractivity contribution in [1.82, 2.24) is 5.32 Å². The lowest BCUT2D eigenvalue weighted by Gasteiger charge is -2.54. The third-order valence-corrected chi connectivity index (χ3v) is 5.04. The van der Waals surface area contributed by atoms with Crippen molar-refractivity contribution in [3.63, 3.8) is 0 Å². The third kappa shape index (κ3) is 1.80. The standard InChI is InChI=1S/C14H25NO/c1-2-16-13-9-12(15-10-11-5-6-11)14(13)7-3-4-8-14/h11-13,15H,2-10H2,1H3. The van der Waals surface area contributed by atoms with Crippen LogP contribution < -0.4 is 5.32 Å². The molecule has 1 N–H and O–H groups in total. The topological polar surface area (TPSA) is 21.3 Å². The Labute approximate surface area is 99.1 Å². The molecule has 92 valence electrons. The molecule has 2 unspecified atom stereocenters. The highest BCUT2D eigenvalue weighted by Gasteiger charge is 2.56. The van der Waals surface area contributed by atoms with Gasteiger partial charge in [-0.3, -0.25) is 0 Å². The molecule has 2 atom stereocenters. The lowest BCUT2D eigenvalue weighted by atomic mass is 9.60. The fraction of sp³-hybridized carbons (Fsp3) is 1.00. The fourth-order valence-corrected chi connectivity index (χ4v) is 3.80. The SMILES string of the molecule is CCOC1CC(NCC2CC2)C12CCCC2. The van der Waals surface area contributed by atoms with E-state index >= 15 is 0 Å². The van der Waals surface area contributed by atoms with E-state index in [1.54, 1.807) is 0 Å². The zero-order chi connectivity index (χ0) is 11.0. The largest absolute Gasteiger partial charge is 0.378 e. The Hall–Kier alpha value is -0.0800. The highest BCUT2D eigenvalue weighted by molar-refractivity contribution is 5.10. The smallest absolute Gasteiger partial charge is 0.0661 e. The van der Waals surface area contributed by atoms with E-state index in [0.29, 0.717) is 11.5 Å². The molecule has 16 heavy (non-hydrogen) atoms. The summed E-state index contributed by atoms with van der Waals surface area (Å²) >= 11 is 0. The van der Waals surface area contributed by atoms with Crippen LogP contribution in [0, 0.1) is 11.3 Å². The summed E-state index contributed by atoms with van der Waals surface area (Å²) in [4.78, 5) is 0. The van der Waals surface area contributed by atoms with E-state index in [1.165, 1.54) is 51.5 Å². The predicted octanol–water partition coefficient (Wildman–Crippen LogP) is 2.72. The van der Waals surface area contributed by atoms with E-state index in [2.05, 4.69) is 12.2 Å². The van der Waals surface area contributed by atoms with Gasteiger partial charge in [-0.1, -0.05) is 12.8 Å². The van der Waals surface area contributed by atoms with Gasteiger partial charge in [-0.05, 0) is 51.5 Å². The van der Waals surface area contributed by atoms with Crippen molar-refractivity contribution in [3.05, 3.63) is 0 Å². The van der Waals surface area contributed by atoms with Crippen LogP contribution in [0.2, 0.25) is 0 Å². The molecule has 0 aromatic rings. The number of rotatable bonds is 5. The lowest BCUT2D eigenvalue weighted by Crippen LogP contribution is -2.62. The van der Waals surface area contributed by atoms with Gasteiger partial charge >= 0.3 is 0 Å². The van der Waals surface area contributed by atoms with E-state index in [9.17, 15) is 0 Å². The van der Waals surface area contributed by atoms with Crippen molar-refractivity contribution in [2.75, 3.05) is 13.2 Å². The summed E-state index contributed by atoms with van der Waals surface area (Å²) in [5.74, 6) is 1.00. The lowest BCUT2D eigenvalue weighted by molar-refractivity contribution is -0.130. The molecule has 0 aromatic heterocycles. The molecule has 0 bridgehead atoms. The first-order valence-corrected chi connectivity index (χ1v) is 7.20. The van der Waals surface area contributed by atoms with E-state index in [1.807, 2.05) is 0 Å². The predicted molar refractivity (Wildman–Crippen MR) is 65.4 cm³/mol. The minimum Gasteiger partial charge on any atom is -0.378 e. The number of ether oxygens (including phenoxy) is 1. The fourth-order valence-electron chi connectivity index (χ4n) is 3.80. The second-order valence-electron chi connectivity index (χ2n) is 6.02. The Morgan fingerprint density at radius 2 is 2.00 bits per heavy atom. The molecule has 3 aliphatic rings. The average molecular weight is 223 g/mol. The Bertz CT molecular complexity index is 243. The molecule has 0 aromatic carbocycles. The maximum atomic E-state index is 5.93. The van der Waals surface area contributed by atoms with Gasteiger partial charge in [0.15, 0.2) is 0 Å². The second-order valence-corrected chi connectivity index (χ2v) is 6.02. The molecule has 2 nitrogen and oxygen atoms in total. The molecule has 0 amide bonds. The van der Waals surface area contributed by atoms with Gasteiger partial charge in [0, 0.05) is 18.1 Å². The maximum Gasteiger partial charge on any atom is 0.0661 e. The third-order valence-electron chi connectivity index (χ3n) is 5.04. The van der Waals surface area contributed by atoms with Gasteiger partial charge in [-0.2, -0.15) is 0 Å². The van der Waals surface area contributed by atoms with Crippen LogP contribution in [-0.2, 0) is 4.74 Å². The van der Waals surface area contributed by atoms with Crippen LogP contribution in [0.3, 0.4) is 0 Å². The molecule has 2 heteroatoms. The second kappa shape index (κ2) is 4.30. The Kier molecular flexibility index (Phi) is 2.97. The van der Waals surface area contributed by atoms with Gasteiger partial charge in [-0.25, -0.2) is 0 Å². The summed E-state index contributed by atoms with van der Waals surface area (Å²) in [5, 5.41) is 3.82. The van der Waals surface area contributed by atoms with Gasteiger partial charge in [0.05, 0.1) is 6.10 Å². The van der Waals surface area contributed by atoms with Gasteiger partial charge < -0.3 is 10.1 Å². The molecule has 0 heterocycles. The van der Waals surface area contributed by atoms with Crippen LogP contribution in [0.1, 0.15) is 51.9 Å². The highest BCUT2D eigenvalue weighted by atomic mass is 16.5. The van der Waals surface area contributed by atoms with E-state index in [-0.39, 0.29) is 0 Å². The molecule has 3 rings (SSSR count). The van der Waals surface area contributed by atoms with Crippen LogP contribution in [0.4, 0.5) is 0 Å². The number of nitrogens with one attached hydrogen (secondary N) is 1. The maximum absolute atomic E-state index is 5.93. The Balaban J connectivity index is 1.57. The first-order chi connectivity index (χ1) is 7.85. The molecule has 1 spiro atoms. The van der Waals surface area contributed by atoms with E-state index < -0.39 is 0 Å². The molecule has 0 saturated heterocycles. The molecular formula is C14H25NO. The molecule has 3 saturated carbocycles. The molecule has 3 aliphatic carbocycles. The van der Waals surface area contributed by atoms with Gasteiger partial charge in [0.25, 0.3) is 0 Å². The van der Waals surface area contributed by atoms with Gasteiger partial charge in [0.1, 0.15) is 0 Å². The Morgan fingerprint density at radius 1 is 1.25 bits per heavy atom. The van der Waals surface area contributed by atoms with Crippen LogP contribution in [0.15, 0.2) is 0 Å². The average Bonchev–Trinajstić information content (AvgIpc) is 2.95. The van der Waals surface area contributed by atoms with Crippen molar-refractivity contribution >= 4 is 0 Å². The monoisotopic (exact) mass is 223 g/mol. The van der Waals surface area contributed by atoms with Gasteiger partial charge in [-0.15, -0.1) is 0 Å². The van der Waals surface area contributed by atoms with Crippen molar-refractivity contribution in [2.45, 2.75) is 64.0 Å². The van der Waals surface area contributed by atoms with Crippen molar-refractivity contribution in [3.8, 4) is 0 Å². The summed E-state index contributed by atoms with van der Waals surface area (Å²) in [7, 11) is 0. The summed E-state index contributed by atoms with van der Waals surface area (Å²) in [6.45, 7) is 4.29. The number of hydrogen-bond donors (Lipinski definition) is 1. The van der Waals surface area contributed by atoms with Crippen LogP contribution >= 0.6 is 0 Å². The molecule has 0 radical (unpaired) electrons. The van der Waals surface area contributed by atoms with Crippen LogP contribution in [0.25, 0.3) is 0 Å². The van der Waals surface area contributed by atoms with Crippen LogP contribution in [-0.4, -0.2) is 25.3 Å². The van der Waals surface area contributed by atoms with E-state index in [4.69, 9.17) is 4.74 Å². The molecule has 3 fully saturated rings. The first kappa shape index (κ1) is 11.0. The zero-order valence-corrected chi connectivity index (χ0v) is 10.5. The minimum absolute atomic E-state index is 0.533. The summed E-state index contributed by atoms with van der Waals surface area (Å²) in [5.41, 5.74) is 0.533. The Morgan fingerprint density at radius 3 is 2.62 bits per heavy atom. The van der Waals surface area contributed by atoms with Crippen molar-refractivity contribution in [1.29, 1.82) is 0 Å². The number of hydrogen-bond acceptors (Lipinski definition) is 2. The summed E-state index contributed by atoms with van der Waals surface area (Å²) < 4.78 is 5.93. The van der Waals surface area contributed by atoms with Crippen molar-refractivity contribution < 1.29 is 4.74 Å². The molecule has 0 aliphatic heterocycles. The summed E-state index contributed by atoms with van der Waals surface area (Å²) in [6.07, 6.45) is 10.4. The minimum atomic E-state index is 0.533. The highest BCUT2D eigenvalue weighted by Crippen LogP contribution is 2.54. The summed E-state index contributed by atoms with van der Waals surface area (Å²) in [6, 6.07) is 0.771. The normalized spacial score (nSPS) is 36.6. The van der Waals surface area contributed by atoms with Gasteiger partial charge in [0.2, 0.25) is 0 Å². The van der Waals surface area contributed by atoms with Crippen molar-refractivity contribution in [2.24, 2.45) is 11.3 Å². The first-order valence-electron chi connectivity index (χ1n) is 7.20. The van der Waals surface area contributed by atoms with E-state index in [0.717, 1.165) is 18.6 Å². The zero-order valence-electron chi connectivity index (χ0n) is 10.5. The van der Waals surface area contributed by atoms with Crippen LogP contribution in [0.5, 0.6) is 0 Å².